The summed E-state index contributed by atoms with van der Waals surface area (Å²) < 4.78 is 1.09. The summed E-state index contributed by atoms with van der Waals surface area (Å²) in [6.45, 7) is 2.99. The van der Waals surface area contributed by atoms with Gasteiger partial charge in [0, 0.05) is 33.5 Å². The third kappa shape index (κ3) is 2.29. The summed E-state index contributed by atoms with van der Waals surface area (Å²) in [5.74, 6) is 3.86. The van der Waals surface area contributed by atoms with Crippen LogP contribution in [0.2, 0.25) is 0 Å². The normalized spacial score (nSPS) is 13.7. The molecule has 2 aromatic rings. The number of thiophene rings is 1. The molecule has 0 aromatic carbocycles. The molecule has 3 heterocycles. The molecule has 0 saturated heterocycles. The molecule has 0 bridgehead atoms. The van der Waals surface area contributed by atoms with Gasteiger partial charge in [0.2, 0.25) is 0 Å². The van der Waals surface area contributed by atoms with Crippen LogP contribution in [-0.4, -0.2) is 16.5 Å². The van der Waals surface area contributed by atoms with Crippen LogP contribution in [0.5, 0.6) is 0 Å². The summed E-state index contributed by atoms with van der Waals surface area (Å²) in [4.78, 5) is 10.5. The van der Waals surface area contributed by atoms with E-state index in [1.54, 1.807) is 11.3 Å². The Bertz CT molecular complexity index is 583. The maximum Gasteiger partial charge on any atom is 0.171 e. The number of hydrogen-bond donors (Lipinski definition) is 1. The van der Waals surface area contributed by atoms with Crippen LogP contribution < -0.4 is 5.32 Å². The van der Waals surface area contributed by atoms with Crippen molar-refractivity contribution in [3.05, 3.63) is 27.2 Å². The SMILES string of the molecule is CCNc1nc(-c2cc(Br)cs2)nc2c1CSC2. The minimum absolute atomic E-state index is 0.836. The summed E-state index contributed by atoms with van der Waals surface area (Å²) in [7, 11) is 0. The van der Waals surface area contributed by atoms with Crippen LogP contribution in [-0.2, 0) is 11.5 Å². The molecule has 6 heteroatoms. The average Bonchev–Trinajstić information content (AvgIpc) is 2.97. The van der Waals surface area contributed by atoms with Gasteiger partial charge in [-0.2, -0.15) is 11.8 Å². The van der Waals surface area contributed by atoms with Gasteiger partial charge in [0.05, 0.1) is 10.6 Å². The fraction of sp³-hybridized carbons (Fsp3) is 0.333. The first kappa shape index (κ1) is 12.4. The van der Waals surface area contributed by atoms with Gasteiger partial charge in [-0.1, -0.05) is 0 Å². The van der Waals surface area contributed by atoms with Gasteiger partial charge in [-0.25, -0.2) is 9.97 Å². The van der Waals surface area contributed by atoms with E-state index in [1.165, 1.54) is 11.3 Å². The summed E-state index contributed by atoms with van der Waals surface area (Å²) in [6, 6.07) is 2.07. The number of nitrogens with one attached hydrogen (secondary N) is 1. The van der Waals surface area contributed by atoms with E-state index in [9.17, 15) is 0 Å². The van der Waals surface area contributed by atoms with E-state index in [2.05, 4.69) is 44.6 Å². The smallest absolute Gasteiger partial charge is 0.171 e. The Hall–Kier alpha value is -0.590. The first-order valence-electron chi connectivity index (χ1n) is 5.73. The summed E-state index contributed by atoms with van der Waals surface area (Å²) in [5.41, 5.74) is 2.46. The van der Waals surface area contributed by atoms with E-state index in [1.807, 2.05) is 11.8 Å². The van der Waals surface area contributed by atoms with Crippen molar-refractivity contribution in [2.75, 3.05) is 11.9 Å². The fourth-order valence-corrected chi connectivity index (χ4v) is 4.31. The first-order chi connectivity index (χ1) is 8.78. The van der Waals surface area contributed by atoms with Crippen molar-refractivity contribution >= 4 is 44.8 Å². The molecule has 3 nitrogen and oxygen atoms in total. The highest BCUT2D eigenvalue weighted by Crippen LogP contribution is 2.36. The van der Waals surface area contributed by atoms with Crippen LogP contribution >= 0.6 is 39.0 Å². The Morgan fingerprint density at radius 3 is 3.00 bits per heavy atom. The second-order valence-corrected chi connectivity index (χ2v) is 6.79. The highest BCUT2D eigenvalue weighted by atomic mass is 79.9. The lowest BCUT2D eigenvalue weighted by Gasteiger charge is -2.09. The van der Waals surface area contributed by atoms with E-state index in [-0.39, 0.29) is 0 Å². The van der Waals surface area contributed by atoms with Gasteiger partial charge in [-0.05, 0) is 28.9 Å². The van der Waals surface area contributed by atoms with E-state index >= 15 is 0 Å². The van der Waals surface area contributed by atoms with Gasteiger partial charge in [0.1, 0.15) is 5.82 Å². The molecule has 18 heavy (non-hydrogen) atoms. The topological polar surface area (TPSA) is 37.8 Å². The molecule has 0 fully saturated rings. The van der Waals surface area contributed by atoms with Crippen LogP contribution in [0.25, 0.3) is 10.7 Å². The molecule has 1 N–H and O–H groups in total. The van der Waals surface area contributed by atoms with Crippen molar-refractivity contribution < 1.29 is 0 Å². The zero-order chi connectivity index (χ0) is 12.5. The molecule has 0 spiro atoms. The molecule has 94 valence electrons. The molecule has 0 amide bonds. The predicted molar refractivity (Wildman–Crippen MR) is 82.2 cm³/mol. The molecule has 0 aliphatic carbocycles. The number of hydrogen-bond acceptors (Lipinski definition) is 5. The second-order valence-electron chi connectivity index (χ2n) is 3.97. The zero-order valence-electron chi connectivity index (χ0n) is 9.86. The van der Waals surface area contributed by atoms with Gasteiger partial charge >= 0.3 is 0 Å². The number of anilines is 1. The molecule has 0 unspecified atom stereocenters. The van der Waals surface area contributed by atoms with Crippen molar-refractivity contribution in [1.29, 1.82) is 0 Å². The van der Waals surface area contributed by atoms with Crippen LogP contribution in [0, 0.1) is 0 Å². The fourth-order valence-electron chi connectivity index (χ4n) is 1.91. The lowest BCUT2D eigenvalue weighted by Crippen LogP contribution is -2.06. The van der Waals surface area contributed by atoms with Crippen molar-refractivity contribution in [1.82, 2.24) is 9.97 Å². The Kier molecular flexibility index (Phi) is 3.59. The summed E-state index contributed by atoms with van der Waals surface area (Å²) in [5, 5.41) is 5.42. The number of fused-ring (bicyclic) bond motifs is 1. The van der Waals surface area contributed by atoms with Crippen LogP contribution in [0.3, 0.4) is 0 Å². The lowest BCUT2D eigenvalue weighted by molar-refractivity contribution is 1.05. The molecular weight excluding hydrogens is 330 g/mol. The van der Waals surface area contributed by atoms with Crippen LogP contribution in [0.1, 0.15) is 18.2 Å². The summed E-state index contributed by atoms with van der Waals surface area (Å²) >= 11 is 7.05. The molecule has 2 aromatic heterocycles. The zero-order valence-corrected chi connectivity index (χ0v) is 13.1. The molecule has 0 atom stereocenters. The molecular formula is C12H12BrN3S2. The van der Waals surface area contributed by atoms with E-state index < -0.39 is 0 Å². The van der Waals surface area contributed by atoms with E-state index in [0.29, 0.717) is 0 Å². The Morgan fingerprint density at radius 2 is 2.28 bits per heavy atom. The maximum atomic E-state index is 4.70. The number of rotatable bonds is 3. The van der Waals surface area contributed by atoms with E-state index in [0.717, 1.165) is 39.0 Å². The van der Waals surface area contributed by atoms with Crippen molar-refractivity contribution in [3.8, 4) is 10.7 Å². The van der Waals surface area contributed by atoms with Crippen molar-refractivity contribution in [2.24, 2.45) is 0 Å². The number of nitrogens with zero attached hydrogens (tertiary/aromatic N) is 2. The predicted octanol–water partition coefficient (Wildman–Crippen LogP) is 4.15. The molecule has 3 rings (SSSR count). The lowest BCUT2D eigenvalue weighted by atomic mass is 10.2. The first-order valence-corrected chi connectivity index (χ1v) is 8.56. The van der Waals surface area contributed by atoms with Crippen LogP contribution in [0.4, 0.5) is 5.82 Å². The second kappa shape index (κ2) is 5.19. The standard InChI is InChI=1S/C12H12BrN3S2/c1-2-14-11-8-5-17-6-9(8)15-12(16-11)10-3-7(13)4-18-10/h3-4H,2,5-6H2,1H3,(H,14,15,16). The van der Waals surface area contributed by atoms with Gasteiger partial charge < -0.3 is 5.32 Å². The minimum atomic E-state index is 0.836. The Morgan fingerprint density at radius 1 is 1.39 bits per heavy atom. The molecule has 0 saturated carbocycles. The molecule has 1 aliphatic rings. The third-order valence-electron chi connectivity index (χ3n) is 2.71. The highest BCUT2D eigenvalue weighted by molar-refractivity contribution is 9.10. The van der Waals surface area contributed by atoms with Gasteiger partial charge in [-0.15, -0.1) is 11.3 Å². The largest absolute Gasteiger partial charge is 0.370 e. The molecule has 0 radical (unpaired) electrons. The monoisotopic (exact) mass is 341 g/mol. The van der Waals surface area contributed by atoms with Crippen LogP contribution in [0.15, 0.2) is 15.9 Å². The van der Waals surface area contributed by atoms with Gasteiger partial charge in [-0.3, -0.25) is 0 Å². The third-order valence-corrected chi connectivity index (χ3v) is 5.37. The average molecular weight is 342 g/mol. The van der Waals surface area contributed by atoms with Crippen molar-refractivity contribution in [3.63, 3.8) is 0 Å². The Balaban J connectivity index is 2.08. The maximum absolute atomic E-state index is 4.70. The number of aromatic nitrogens is 2. The van der Waals surface area contributed by atoms with Gasteiger partial charge in [0.15, 0.2) is 5.82 Å². The summed E-state index contributed by atoms with van der Waals surface area (Å²) in [6.07, 6.45) is 0. The van der Waals surface area contributed by atoms with Crippen molar-refractivity contribution in [2.45, 2.75) is 18.4 Å². The minimum Gasteiger partial charge on any atom is -0.370 e. The quantitative estimate of drug-likeness (QED) is 0.910. The highest BCUT2D eigenvalue weighted by Gasteiger charge is 2.20. The molecule has 1 aliphatic heterocycles. The Labute approximate surface area is 123 Å². The number of thioether (sulfide) groups is 1. The number of halogens is 1. The van der Waals surface area contributed by atoms with Gasteiger partial charge in [0.25, 0.3) is 0 Å². The van der Waals surface area contributed by atoms with E-state index in [4.69, 9.17) is 4.98 Å².